The summed E-state index contributed by atoms with van der Waals surface area (Å²) in [7, 11) is -7.41. The first-order chi connectivity index (χ1) is 14.5. The average molecular weight is 472 g/mol. The summed E-state index contributed by atoms with van der Waals surface area (Å²) in [5.41, 5.74) is 0.453. The molecule has 11 heteroatoms. The molecular weight excluding hydrogens is 445 g/mol. The third kappa shape index (κ3) is 6.57. The monoisotopic (exact) mass is 471 g/mol. The van der Waals surface area contributed by atoms with Crippen LogP contribution in [0.3, 0.4) is 0 Å². The molecule has 0 atom stereocenters. The summed E-state index contributed by atoms with van der Waals surface area (Å²) >= 11 is 0. The van der Waals surface area contributed by atoms with Crippen LogP contribution in [0.25, 0.3) is 0 Å². The molecule has 0 heterocycles. The number of sulfonamides is 2. The number of anilines is 1. The molecule has 0 aliphatic heterocycles. The molecule has 0 bridgehead atoms. The minimum Gasteiger partial charge on any atom is -0.325 e. The van der Waals surface area contributed by atoms with Gasteiger partial charge in [0.15, 0.2) is 0 Å². The average Bonchev–Trinajstić information content (AvgIpc) is 2.69. The quantitative estimate of drug-likeness (QED) is 0.572. The van der Waals surface area contributed by atoms with E-state index in [-0.39, 0.29) is 17.0 Å². The number of carbonyl (C=O) groups excluding carboxylic acids is 1. The van der Waals surface area contributed by atoms with Gasteiger partial charge in [-0.05, 0) is 30.3 Å². The number of carbonyl (C=O) groups is 1. The predicted octanol–water partition coefficient (Wildman–Crippen LogP) is 2.26. The van der Waals surface area contributed by atoms with Crippen molar-refractivity contribution >= 4 is 31.6 Å². The maximum Gasteiger partial charge on any atom is 0.243 e. The van der Waals surface area contributed by atoms with Crippen molar-refractivity contribution in [2.24, 2.45) is 0 Å². The van der Waals surface area contributed by atoms with Crippen molar-refractivity contribution in [1.82, 2.24) is 8.61 Å². The van der Waals surface area contributed by atoms with Crippen LogP contribution in [0.5, 0.6) is 0 Å². The van der Waals surface area contributed by atoms with Gasteiger partial charge in [-0.25, -0.2) is 21.2 Å². The number of rotatable bonds is 10. The van der Waals surface area contributed by atoms with Crippen molar-refractivity contribution in [3.8, 4) is 0 Å². The van der Waals surface area contributed by atoms with Crippen LogP contribution in [0.1, 0.15) is 19.4 Å². The Bertz CT molecular complexity index is 1120. The first kappa shape index (κ1) is 24.9. The zero-order valence-corrected chi connectivity index (χ0v) is 19.2. The highest BCUT2D eigenvalue weighted by Gasteiger charge is 2.23. The molecule has 0 saturated carbocycles. The van der Waals surface area contributed by atoms with E-state index < -0.39 is 38.3 Å². The number of nitrogens with one attached hydrogen (secondary N) is 1. The number of benzene rings is 2. The van der Waals surface area contributed by atoms with Gasteiger partial charge in [0.2, 0.25) is 26.0 Å². The smallest absolute Gasteiger partial charge is 0.243 e. The van der Waals surface area contributed by atoms with Crippen LogP contribution in [0.4, 0.5) is 10.1 Å². The van der Waals surface area contributed by atoms with Crippen LogP contribution in [0.15, 0.2) is 53.4 Å². The van der Waals surface area contributed by atoms with Crippen molar-refractivity contribution in [3.05, 3.63) is 59.9 Å². The minimum absolute atomic E-state index is 0.0894. The lowest BCUT2D eigenvalue weighted by Crippen LogP contribution is -2.37. The van der Waals surface area contributed by atoms with E-state index in [9.17, 15) is 26.0 Å². The highest BCUT2D eigenvalue weighted by Crippen LogP contribution is 2.19. The summed E-state index contributed by atoms with van der Waals surface area (Å²) in [4.78, 5) is 12.5. The predicted molar refractivity (Wildman–Crippen MR) is 117 cm³/mol. The fourth-order valence-electron chi connectivity index (χ4n) is 2.89. The third-order valence-corrected chi connectivity index (χ3v) is 7.84. The largest absolute Gasteiger partial charge is 0.325 e. The first-order valence-corrected chi connectivity index (χ1v) is 12.9. The van der Waals surface area contributed by atoms with E-state index in [1.54, 1.807) is 19.9 Å². The SMILES string of the molecule is CCN(CC)S(=O)(=O)c1ccc(NC(=O)CN(Cc2ccccc2F)S(C)(=O)=O)cc1. The Hall–Kier alpha value is -2.34. The lowest BCUT2D eigenvalue weighted by Gasteiger charge is -2.20. The highest BCUT2D eigenvalue weighted by atomic mass is 32.2. The van der Waals surface area contributed by atoms with Gasteiger partial charge in [0, 0.05) is 30.9 Å². The van der Waals surface area contributed by atoms with Gasteiger partial charge >= 0.3 is 0 Å². The van der Waals surface area contributed by atoms with E-state index in [1.807, 2.05) is 0 Å². The Morgan fingerprint density at radius 3 is 2.03 bits per heavy atom. The van der Waals surface area contributed by atoms with E-state index in [1.165, 1.54) is 46.8 Å². The van der Waals surface area contributed by atoms with Crippen molar-refractivity contribution in [3.63, 3.8) is 0 Å². The van der Waals surface area contributed by atoms with Crippen LogP contribution in [0, 0.1) is 5.82 Å². The molecule has 31 heavy (non-hydrogen) atoms. The molecule has 1 amide bonds. The first-order valence-electron chi connectivity index (χ1n) is 9.57. The van der Waals surface area contributed by atoms with Gasteiger partial charge in [0.1, 0.15) is 5.82 Å². The van der Waals surface area contributed by atoms with Gasteiger partial charge in [-0.15, -0.1) is 0 Å². The Morgan fingerprint density at radius 1 is 0.935 bits per heavy atom. The maximum atomic E-state index is 13.9. The van der Waals surface area contributed by atoms with Gasteiger partial charge in [0.25, 0.3) is 0 Å². The van der Waals surface area contributed by atoms with E-state index in [0.717, 1.165) is 10.6 Å². The van der Waals surface area contributed by atoms with E-state index in [4.69, 9.17) is 0 Å². The summed E-state index contributed by atoms with van der Waals surface area (Å²) in [5.74, 6) is -1.21. The fraction of sp³-hybridized carbons (Fsp3) is 0.350. The van der Waals surface area contributed by atoms with Crippen LogP contribution in [0.2, 0.25) is 0 Å². The summed E-state index contributed by atoms with van der Waals surface area (Å²) in [5, 5.41) is 2.53. The molecule has 0 saturated heterocycles. The Labute approximate surface area is 182 Å². The lowest BCUT2D eigenvalue weighted by molar-refractivity contribution is -0.116. The summed E-state index contributed by atoms with van der Waals surface area (Å²) in [6, 6.07) is 11.3. The molecular formula is C20H26FN3O5S2. The second kappa shape index (κ2) is 10.3. The molecule has 0 radical (unpaired) electrons. The van der Waals surface area contributed by atoms with Crippen LogP contribution in [-0.4, -0.2) is 57.2 Å². The number of halogens is 1. The summed E-state index contributed by atoms with van der Waals surface area (Å²) in [6.07, 6.45) is 0.938. The van der Waals surface area contributed by atoms with Gasteiger partial charge in [-0.2, -0.15) is 8.61 Å². The van der Waals surface area contributed by atoms with E-state index in [2.05, 4.69) is 5.32 Å². The van der Waals surface area contributed by atoms with Crippen LogP contribution < -0.4 is 5.32 Å². The second-order valence-corrected chi connectivity index (χ2v) is 10.7. The van der Waals surface area contributed by atoms with Crippen LogP contribution >= 0.6 is 0 Å². The molecule has 0 spiro atoms. The number of hydrogen-bond donors (Lipinski definition) is 1. The number of hydrogen-bond acceptors (Lipinski definition) is 5. The normalized spacial score (nSPS) is 12.3. The molecule has 2 rings (SSSR count). The van der Waals surface area contributed by atoms with Crippen LogP contribution in [-0.2, 0) is 31.4 Å². The molecule has 0 unspecified atom stereocenters. The zero-order valence-electron chi connectivity index (χ0n) is 17.6. The molecule has 0 aliphatic rings. The molecule has 8 nitrogen and oxygen atoms in total. The minimum atomic E-state index is -3.79. The van der Waals surface area contributed by atoms with Gasteiger partial charge in [-0.3, -0.25) is 4.79 Å². The fourth-order valence-corrected chi connectivity index (χ4v) is 5.07. The number of amides is 1. The molecule has 2 aromatic rings. The van der Waals surface area contributed by atoms with Crippen molar-refractivity contribution < 1.29 is 26.0 Å². The molecule has 1 N–H and O–H groups in total. The van der Waals surface area contributed by atoms with E-state index in [0.29, 0.717) is 18.8 Å². The molecule has 170 valence electrons. The topological polar surface area (TPSA) is 104 Å². The maximum absolute atomic E-state index is 13.9. The van der Waals surface area contributed by atoms with E-state index >= 15 is 0 Å². The summed E-state index contributed by atoms with van der Waals surface area (Å²) < 4.78 is 65.2. The Kier molecular flexibility index (Phi) is 8.29. The highest BCUT2D eigenvalue weighted by molar-refractivity contribution is 7.89. The molecule has 0 aromatic heterocycles. The lowest BCUT2D eigenvalue weighted by atomic mass is 10.2. The van der Waals surface area contributed by atoms with Crippen molar-refractivity contribution in [2.75, 3.05) is 31.2 Å². The van der Waals surface area contributed by atoms with Gasteiger partial charge < -0.3 is 5.32 Å². The van der Waals surface area contributed by atoms with Gasteiger partial charge in [0.05, 0.1) is 17.7 Å². The third-order valence-electron chi connectivity index (χ3n) is 4.57. The Morgan fingerprint density at radius 2 is 1.52 bits per heavy atom. The zero-order chi connectivity index (χ0) is 23.2. The molecule has 0 aliphatic carbocycles. The molecule has 0 fully saturated rings. The molecule has 2 aromatic carbocycles. The van der Waals surface area contributed by atoms with Crippen molar-refractivity contribution in [1.29, 1.82) is 0 Å². The summed E-state index contributed by atoms with van der Waals surface area (Å²) in [6.45, 7) is 3.34. The van der Waals surface area contributed by atoms with Crippen molar-refractivity contribution in [2.45, 2.75) is 25.3 Å². The number of nitrogens with zero attached hydrogens (tertiary/aromatic N) is 2. The van der Waals surface area contributed by atoms with Gasteiger partial charge in [-0.1, -0.05) is 32.0 Å². The standard InChI is InChI=1S/C20H26FN3O5S2/c1-4-23(5-2)31(28,29)18-12-10-17(11-13-18)22-20(25)15-24(30(3,26)27)14-16-8-6-7-9-19(16)21/h6-13H,4-5,14-15H2,1-3H3,(H,22,25). The second-order valence-electron chi connectivity index (χ2n) is 6.78. The Balaban J connectivity index is 2.12.